The van der Waals surface area contributed by atoms with Crippen LogP contribution in [0.15, 0.2) is 30.3 Å². The van der Waals surface area contributed by atoms with Gasteiger partial charge in [-0.2, -0.15) is 5.10 Å². The average Bonchev–Trinajstić information content (AvgIpc) is 3.26. The monoisotopic (exact) mass is 415 g/mol. The van der Waals surface area contributed by atoms with Crippen molar-refractivity contribution in [1.29, 1.82) is 0 Å². The largest absolute Gasteiger partial charge is 0.377 e. The molecule has 0 aliphatic carbocycles. The van der Waals surface area contributed by atoms with Gasteiger partial charge in [0.25, 0.3) is 0 Å². The van der Waals surface area contributed by atoms with E-state index in [9.17, 15) is 9.18 Å². The molecule has 0 saturated carbocycles. The topological polar surface area (TPSA) is 56.6 Å². The number of ether oxygens (including phenoxy) is 2. The first-order chi connectivity index (χ1) is 14.4. The molecular weight excluding hydrogens is 385 g/mol. The maximum Gasteiger partial charge on any atom is 0.224 e. The quantitative estimate of drug-likeness (QED) is 0.621. The Morgan fingerprint density at radius 3 is 2.87 bits per heavy atom. The Hall–Kier alpha value is -2.25. The molecule has 1 spiro atoms. The summed E-state index contributed by atoms with van der Waals surface area (Å²) in [6, 6.07) is 8.72. The van der Waals surface area contributed by atoms with Gasteiger partial charge in [-0.25, -0.2) is 4.39 Å². The minimum absolute atomic E-state index is 0.161. The van der Waals surface area contributed by atoms with Gasteiger partial charge in [-0.05, 0) is 44.7 Å². The number of hydrogen-bond acceptors (Lipinski definition) is 4. The maximum atomic E-state index is 13.6. The van der Waals surface area contributed by atoms with Crippen molar-refractivity contribution < 1.29 is 18.7 Å². The summed E-state index contributed by atoms with van der Waals surface area (Å²) < 4.78 is 27.2. The van der Waals surface area contributed by atoms with Gasteiger partial charge in [-0.3, -0.25) is 9.48 Å². The van der Waals surface area contributed by atoms with Crippen molar-refractivity contribution in [3.63, 3.8) is 0 Å². The molecule has 2 aliphatic rings. The molecule has 2 aliphatic heterocycles. The number of carbonyl (C=O) groups excluding carboxylic acids is 1. The second-order valence-corrected chi connectivity index (χ2v) is 8.65. The summed E-state index contributed by atoms with van der Waals surface area (Å²) >= 11 is 0. The Labute approximate surface area is 177 Å². The van der Waals surface area contributed by atoms with Crippen LogP contribution in [0.25, 0.3) is 0 Å². The number of carbonyl (C=O) groups is 1. The third-order valence-electron chi connectivity index (χ3n) is 6.12. The van der Waals surface area contributed by atoms with E-state index in [0.717, 1.165) is 24.2 Å². The molecule has 0 bridgehead atoms. The number of benzene rings is 1. The van der Waals surface area contributed by atoms with Crippen LogP contribution in [0, 0.1) is 25.6 Å². The van der Waals surface area contributed by atoms with Gasteiger partial charge in [-0.1, -0.05) is 18.2 Å². The summed E-state index contributed by atoms with van der Waals surface area (Å²) in [5, 5.41) is 4.41. The molecule has 30 heavy (non-hydrogen) atoms. The van der Waals surface area contributed by atoms with E-state index < -0.39 is 0 Å². The predicted octanol–water partition coefficient (Wildman–Crippen LogP) is 3.25. The Morgan fingerprint density at radius 2 is 2.13 bits per heavy atom. The van der Waals surface area contributed by atoms with E-state index in [1.54, 1.807) is 12.1 Å². The molecule has 2 fully saturated rings. The Kier molecular flexibility index (Phi) is 6.20. The second kappa shape index (κ2) is 8.86. The van der Waals surface area contributed by atoms with Gasteiger partial charge < -0.3 is 14.4 Å². The van der Waals surface area contributed by atoms with Gasteiger partial charge in [-0.15, -0.1) is 0 Å². The molecule has 0 radical (unpaired) electrons. The lowest BCUT2D eigenvalue weighted by atomic mass is 9.86. The molecule has 1 amide bonds. The van der Waals surface area contributed by atoms with Crippen LogP contribution in [0.3, 0.4) is 0 Å². The fraction of sp³-hybridized carbons (Fsp3) is 0.565. The van der Waals surface area contributed by atoms with Crippen molar-refractivity contribution in [2.45, 2.75) is 51.9 Å². The first-order valence-electron chi connectivity index (χ1n) is 10.7. The summed E-state index contributed by atoms with van der Waals surface area (Å²) in [5.41, 5.74) is 2.47. The lowest BCUT2D eigenvalue weighted by Gasteiger charge is -2.47. The van der Waals surface area contributed by atoms with E-state index in [2.05, 4.69) is 5.10 Å². The summed E-state index contributed by atoms with van der Waals surface area (Å²) in [4.78, 5) is 14.4. The second-order valence-electron chi connectivity index (χ2n) is 8.65. The standard InChI is InChI=1S/C23H30FN3O3/c1-17-11-18(2)27(25-17)9-7-22(28)26-15-23(16-26)12-19(13-30-23)8-10-29-14-20-5-3-4-6-21(20)24/h3-6,11,19H,7-10,12-16H2,1-2H3. The molecule has 0 N–H and O–H groups in total. The minimum Gasteiger partial charge on any atom is -0.377 e. The highest BCUT2D eigenvalue weighted by Gasteiger charge is 2.50. The van der Waals surface area contributed by atoms with E-state index in [4.69, 9.17) is 9.47 Å². The lowest BCUT2D eigenvalue weighted by Crippen LogP contribution is -2.63. The molecule has 162 valence electrons. The highest BCUT2D eigenvalue weighted by Crippen LogP contribution is 2.39. The van der Waals surface area contributed by atoms with E-state index in [0.29, 0.717) is 57.4 Å². The maximum absolute atomic E-state index is 13.6. The Morgan fingerprint density at radius 1 is 1.33 bits per heavy atom. The summed E-state index contributed by atoms with van der Waals surface area (Å²) in [5.74, 6) is 0.365. The smallest absolute Gasteiger partial charge is 0.224 e. The zero-order chi connectivity index (χ0) is 21.1. The van der Waals surface area contributed by atoms with Crippen LogP contribution in [0.4, 0.5) is 4.39 Å². The molecule has 1 aromatic carbocycles. The number of aryl methyl sites for hydroxylation is 3. The summed E-state index contributed by atoms with van der Waals surface area (Å²) in [6.45, 7) is 7.53. The molecule has 1 aromatic heterocycles. The first kappa shape index (κ1) is 21.0. The van der Waals surface area contributed by atoms with Gasteiger partial charge in [0, 0.05) is 30.8 Å². The Bertz CT molecular complexity index is 892. The number of nitrogens with zero attached hydrogens (tertiary/aromatic N) is 3. The van der Waals surface area contributed by atoms with Crippen molar-refractivity contribution in [1.82, 2.24) is 14.7 Å². The molecule has 4 rings (SSSR count). The van der Waals surface area contributed by atoms with Crippen molar-refractivity contribution >= 4 is 5.91 Å². The zero-order valence-corrected chi connectivity index (χ0v) is 17.8. The molecular formula is C23H30FN3O3. The minimum atomic E-state index is -0.224. The van der Waals surface area contributed by atoms with Gasteiger partial charge >= 0.3 is 0 Å². The van der Waals surface area contributed by atoms with Gasteiger partial charge in [0.2, 0.25) is 5.91 Å². The van der Waals surface area contributed by atoms with E-state index in [-0.39, 0.29) is 17.3 Å². The van der Waals surface area contributed by atoms with E-state index in [1.165, 1.54) is 6.07 Å². The third kappa shape index (κ3) is 4.73. The molecule has 2 aromatic rings. The van der Waals surface area contributed by atoms with Crippen LogP contribution in [0.5, 0.6) is 0 Å². The number of aromatic nitrogens is 2. The summed E-state index contributed by atoms with van der Waals surface area (Å²) in [6.07, 6.45) is 2.31. The van der Waals surface area contributed by atoms with E-state index >= 15 is 0 Å². The fourth-order valence-electron chi connectivity index (χ4n) is 4.48. The van der Waals surface area contributed by atoms with Gasteiger partial charge in [0.05, 0.1) is 32.0 Å². The molecule has 1 unspecified atom stereocenters. The van der Waals surface area contributed by atoms with Gasteiger partial charge in [0.15, 0.2) is 0 Å². The molecule has 6 nitrogen and oxygen atoms in total. The molecule has 2 saturated heterocycles. The number of halogens is 1. The molecule has 3 heterocycles. The number of rotatable bonds is 8. The average molecular weight is 416 g/mol. The molecule has 1 atom stereocenters. The van der Waals surface area contributed by atoms with Gasteiger partial charge in [0.1, 0.15) is 11.4 Å². The lowest BCUT2D eigenvalue weighted by molar-refractivity contribution is -0.158. The number of amides is 1. The van der Waals surface area contributed by atoms with Crippen LogP contribution in [-0.2, 0) is 27.4 Å². The van der Waals surface area contributed by atoms with Crippen LogP contribution < -0.4 is 0 Å². The van der Waals surface area contributed by atoms with Crippen molar-refractivity contribution in [3.8, 4) is 0 Å². The highest BCUT2D eigenvalue weighted by molar-refractivity contribution is 5.77. The number of likely N-dealkylation sites (tertiary alicyclic amines) is 1. The normalized spacial score (nSPS) is 20.0. The first-order valence-corrected chi connectivity index (χ1v) is 10.7. The zero-order valence-electron chi connectivity index (χ0n) is 17.8. The van der Waals surface area contributed by atoms with Crippen molar-refractivity contribution in [2.24, 2.45) is 5.92 Å². The van der Waals surface area contributed by atoms with Crippen molar-refractivity contribution in [3.05, 3.63) is 53.1 Å². The van der Waals surface area contributed by atoms with Crippen LogP contribution in [-0.4, -0.2) is 52.5 Å². The van der Waals surface area contributed by atoms with E-state index in [1.807, 2.05) is 35.6 Å². The SMILES string of the molecule is Cc1cc(C)n(CCC(=O)N2CC3(CC(CCOCc4ccccc4F)CO3)C2)n1. The third-order valence-corrected chi connectivity index (χ3v) is 6.12. The van der Waals surface area contributed by atoms with Crippen LogP contribution in [0.1, 0.15) is 36.2 Å². The fourth-order valence-corrected chi connectivity index (χ4v) is 4.48. The Balaban J connectivity index is 1.14. The summed E-state index contributed by atoms with van der Waals surface area (Å²) in [7, 11) is 0. The molecule has 7 heteroatoms. The van der Waals surface area contributed by atoms with Crippen molar-refractivity contribution in [2.75, 3.05) is 26.3 Å². The number of hydrogen-bond donors (Lipinski definition) is 0. The predicted molar refractivity (Wildman–Crippen MR) is 110 cm³/mol. The highest BCUT2D eigenvalue weighted by atomic mass is 19.1. The van der Waals surface area contributed by atoms with Crippen LogP contribution in [0.2, 0.25) is 0 Å². The van der Waals surface area contributed by atoms with Crippen LogP contribution >= 0.6 is 0 Å².